The van der Waals surface area contributed by atoms with E-state index in [2.05, 4.69) is 10.3 Å². The summed E-state index contributed by atoms with van der Waals surface area (Å²) in [5.41, 5.74) is 1.10. The lowest BCUT2D eigenvalue weighted by Gasteiger charge is -2.11. The van der Waals surface area contributed by atoms with E-state index < -0.39 is 11.9 Å². The Morgan fingerprint density at radius 1 is 1.29 bits per heavy atom. The number of pyridine rings is 1. The zero-order valence-electron chi connectivity index (χ0n) is 11.6. The summed E-state index contributed by atoms with van der Waals surface area (Å²) in [6, 6.07) is 7.83. The summed E-state index contributed by atoms with van der Waals surface area (Å²) in [6.07, 6.45) is 1.51. The maximum Gasteiger partial charge on any atom is 0.337 e. The average molecular weight is 286 g/mol. The SMILES string of the molecule is COc1ccc(C(=O)O)c(NC(=O)c2ncccc2C)c1. The van der Waals surface area contributed by atoms with Gasteiger partial charge in [-0.05, 0) is 30.7 Å². The molecule has 0 saturated heterocycles. The molecule has 0 saturated carbocycles. The molecule has 6 heteroatoms. The molecular weight excluding hydrogens is 272 g/mol. The highest BCUT2D eigenvalue weighted by Gasteiger charge is 2.16. The van der Waals surface area contributed by atoms with E-state index in [0.29, 0.717) is 11.3 Å². The van der Waals surface area contributed by atoms with E-state index in [1.807, 2.05) is 0 Å². The van der Waals surface area contributed by atoms with Gasteiger partial charge in [0.1, 0.15) is 11.4 Å². The molecule has 0 unspecified atom stereocenters. The van der Waals surface area contributed by atoms with Crippen molar-refractivity contribution in [2.45, 2.75) is 6.92 Å². The van der Waals surface area contributed by atoms with Crippen LogP contribution in [0.4, 0.5) is 5.69 Å². The number of ether oxygens (including phenoxy) is 1. The van der Waals surface area contributed by atoms with Crippen molar-refractivity contribution in [3.05, 3.63) is 53.3 Å². The smallest absolute Gasteiger partial charge is 0.337 e. The maximum absolute atomic E-state index is 12.2. The molecule has 2 N–H and O–H groups in total. The van der Waals surface area contributed by atoms with E-state index in [9.17, 15) is 9.59 Å². The average Bonchev–Trinajstić information content (AvgIpc) is 2.47. The summed E-state index contributed by atoms with van der Waals surface area (Å²) in [4.78, 5) is 27.4. The van der Waals surface area contributed by atoms with Gasteiger partial charge >= 0.3 is 5.97 Å². The van der Waals surface area contributed by atoms with Crippen LogP contribution in [-0.2, 0) is 0 Å². The van der Waals surface area contributed by atoms with Crippen LogP contribution in [0.2, 0.25) is 0 Å². The molecule has 1 aromatic carbocycles. The van der Waals surface area contributed by atoms with Gasteiger partial charge < -0.3 is 15.2 Å². The van der Waals surface area contributed by atoms with Crippen LogP contribution in [-0.4, -0.2) is 29.1 Å². The Kier molecular flexibility index (Phi) is 4.18. The molecule has 0 spiro atoms. The van der Waals surface area contributed by atoms with Gasteiger partial charge in [-0.3, -0.25) is 9.78 Å². The van der Waals surface area contributed by atoms with Crippen molar-refractivity contribution in [1.82, 2.24) is 4.98 Å². The molecule has 2 rings (SSSR count). The maximum atomic E-state index is 12.2. The van der Waals surface area contributed by atoms with Gasteiger partial charge in [0.05, 0.1) is 18.4 Å². The molecule has 1 amide bonds. The number of benzene rings is 1. The second kappa shape index (κ2) is 6.04. The third-order valence-electron chi connectivity index (χ3n) is 2.93. The van der Waals surface area contributed by atoms with E-state index in [1.54, 1.807) is 19.1 Å². The van der Waals surface area contributed by atoms with Gasteiger partial charge in [-0.1, -0.05) is 6.07 Å². The van der Waals surface area contributed by atoms with Gasteiger partial charge in [0, 0.05) is 12.3 Å². The van der Waals surface area contributed by atoms with Gasteiger partial charge in [0.2, 0.25) is 0 Å². The number of anilines is 1. The molecule has 2 aromatic rings. The highest BCUT2D eigenvalue weighted by molar-refractivity contribution is 6.07. The van der Waals surface area contributed by atoms with Crippen LogP contribution in [0.25, 0.3) is 0 Å². The number of aromatic carboxylic acids is 1. The van der Waals surface area contributed by atoms with Crippen LogP contribution in [0.5, 0.6) is 5.75 Å². The lowest BCUT2D eigenvalue weighted by molar-refractivity contribution is 0.0698. The van der Waals surface area contributed by atoms with E-state index in [0.717, 1.165) is 0 Å². The molecule has 1 aromatic heterocycles. The van der Waals surface area contributed by atoms with Crippen LogP contribution in [0, 0.1) is 6.92 Å². The quantitative estimate of drug-likeness (QED) is 0.900. The molecule has 0 radical (unpaired) electrons. The van der Waals surface area contributed by atoms with Gasteiger partial charge in [0.15, 0.2) is 0 Å². The number of amides is 1. The molecule has 0 fully saturated rings. The van der Waals surface area contributed by atoms with Gasteiger partial charge in [0.25, 0.3) is 5.91 Å². The number of carbonyl (C=O) groups is 2. The Hall–Kier alpha value is -2.89. The van der Waals surface area contributed by atoms with E-state index in [4.69, 9.17) is 9.84 Å². The second-order valence-electron chi connectivity index (χ2n) is 4.34. The number of rotatable bonds is 4. The van der Waals surface area contributed by atoms with Crippen molar-refractivity contribution < 1.29 is 19.4 Å². The van der Waals surface area contributed by atoms with Crippen LogP contribution < -0.4 is 10.1 Å². The Morgan fingerprint density at radius 2 is 2.05 bits per heavy atom. The summed E-state index contributed by atoms with van der Waals surface area (Å²) in [5, 5.41) is 11.7. The summed E-state index contributed by atoms with van der Waals surface area (Å²) in [5.74, 6) is -1.15. The van der Waals surface area contributed by atoms with Crippen LogP contribution in [0.3, 0.4) is 0 Å². The first kappa shape index (κ1) is 14.5. The minimum Gasteiger partial charge on any atom is -0.497 e. The number of carbonyl (C=O) groups excluding carboxylic acids is 1. The zero-order valence-corrected chi connectivity index (χ0v) is 11.6. The first-order valence-electron chi connectivity index (χ1n) is 6.17. The second-order valence-corrected chi connectivity index (χ2v) is 4.34. The topological polar surface area (TPSA) is 88.5 Å². The lowest BCUT2D eigenvalue weighted by Crippen LogP contribution is -2.17. The fourth-order valence-electron chi connectivity index (χ4n) is 1.85. The Labute approximate surface area is 121 Å². The number of aromatic nitrogens is 1. The van der Waals surface area contributed by atoms with Gasteiger partial charge in [-0.25, -0.2) is 4.79 Å². The monoisotopic (exact) mass is 286 g/mol. The molecule has 108 valence electrons. The third kappa shape index (κ3) is 3.17. The molecule has 0 aliphatic rings. The van der Waals surface area contributed by atoms with Crippen molar-refractivity contribution in [1.29, 1.82) is 0 Å². The van der Waals surface area contributed by atoms with Crippen molar-refractivity contribution in [3.63, 3.8) is 0 Å². The standard InChI is InChI=1S/C15H14N2O4/c1-9-4-3-7-16-13(9)14(18)17-12-8-10(21-2)5-6-11(12)15(19)20/h3-8H,1-2H3,(H,17,18)(H,19,20). The normalized spacial score (nSPS) is 10.0. The predicted molar refractivity (Wildman–Crippen MR) is 76.9 cm³/mol. The van der Waals surface area contributed by atoms with Gasteiger partial charge in [-0.15, -0.1) is 0 Å². The predicted octanol–water partition coefficient (Wildman–Crippen LogP) is 2.35. The molecule has 0 aliphatic carbocycles. The number of nitrogens with one attached hydrogen (secondary N) is 1. The fraction of sp³-hybridized carbons (Fsp3) is 0.133. The fourth-order valence-corrected chi connectivity index (χ4v) is 1.85. The summed E-state index contributed by atoms with van der Waals surface area (Å²) < 4.78 is 5.04. The first-order valence-corrected chi connectivity index (χ1v) is 6.17. The minimum atomic E-state index is -1.13. The van der Waals surface area contributed by atoms with Crippen molar-refractivity contribution in [2.24, 2.45) is 0 Å². The third-order valence-corrected chi connectivity index (χ3v) is 2.93. The van der Waals surface area contributed by atoms with E-state index >= 15 is 0 Å². The van der Waals surface area contributed by atoms with Crippen LogP contribution in [0.15, 0.2) is 36.5 Å². The highest BCUT2D eigenvalue weighted by atomic mass is 16.5. The Balaban J connectivity index is 2.36. The zero-order chi connectivity index (χ0) is 15.4. The lowest BCUT2D eigenvalue weighted by atomic mass is 10.1. The molecule has 0 aliphatic heterocycles. The number of hydrogen-bond donors (Lipinski definition) is 2. The van der Waals surface area contributed by atoms with Crippen molar-refractivity contribution in [2.75, 3.05) is 12.4 Å². The first-order chi connectivity index (χ1) is 10.0. The van der Waals surface area contributed by atoms with Crippen molar-refractivity contribution in [3.8, 4) is 5.75 Å². The van der Waals surface area contributed by atoms with E-state index in [1.165, 1.54) is 31.5 Å². The molecule has 6 nitrogen and oxygen atoms in total. The van der Waals surface area contributed by atoms with Crippen LogP contribution in [0.1, 0.15) is 26.4 Å². The number of aryl methyl sites for hydroxylation is 1. The van der Waals surface area contributed by atoms with Crippen molar-refractivity contribution >= 4 is 17.6 Å². The molecule has 0 bridgehead atoms. The molecule has 0 atom stereocenters. The Bertz CT molecular complexity index is 698. The highest BCUT2D eigenvalue weighted by Crippen LogP contribution is 2.23. The number of carboxylic acid groups (broad SMARTS) is 1. The summed E-state index contributed by atoms with van der Waals surface area (Å²) >= 11 is 0. The van der Waals surface area contributed by atoms with Gasteiger partial charge in [-0.2, -0.15) is 0 Å². The number of methoxy groups -OCH3 is 1. The molecule has 1 heterocycles. The number of hydrogen-bond acceptors (Lipinski definition) is 4. The Morgan fingerprint density at radius 3 is 2.67 bits per heavy atom. The molecular formula is C15H14N2O4. The molecule has 21 heavy (non-hydrogen) atoms. The number of carboxylic acids is 1. The number of nitrogens with zero attached hydrogens (tertiary/aromatic N) is 1. The summed E-state index contributed by atoms with van der Waals surface area (Å²) in [6.45, 7) is 1.76. The van der Waals surface area contributed by atoms with Crippen LogP contribution >= 0.6 is 0 Å². The largest absolute Gasteiger partial charge is 0.497 e. The van der Waals surface area contributed by atoms with E-state index in [-0.39, 0.29) is 16.9 Å². The minimum absolute atomic E-state index is 0.0160. The summed E-state index contributed by atoms with van der Waals surface area (Å²) in [7, 11) is 1.46.